The van der Waals surface area contributed by atoms with Crippen LogP contribution in [0.5, 0.6) is 17.2 Å². The number of benzene rings is 3. The first kappa shape index (κ1) is 25.3. The average molecular weight is 551 g/mol. The van der Waals surface area contributed by atoms with Gasteiger partial charge in [-0.15, -0.1) is 0 Å². The van der Waals surface area contributed by atoms with Crippen LogP contribution >= 0.6 is 15.9 Å². The van der Waals surface area contributed by atoms with E-state index in [0.29, 0.717) is 35.1 Å². The van der Waals surface area contributed by atoms with Crippen LogP contribution in [0.2, 0.25) is 0 Å². The van der Waals surface area contributed by atoms with Gasteiger partial charge in [0, 0.05) is 22.1 Å². The van der Waals surface area contributed by atoms with Gasteiger partial charge in [-0.2, -0.15) is 5.10 Å². The number of nitrogens with zero attached hydrogens (tertiary/aromatic N) is 2. The number of aryl methyl sites for hydroxylation is 3. The van der Waals surface area contributed by atoms with Crippen molar-refractivity contribution in [2.24, 2.45) is 0 Å². The van der Waals surface area contributed by atoms with Crippen LogP contribution in [0.15, 0.2) is 71.2 Å². The van der Waals surface area contributed by atoms with E-state index in [2.05, 4.69) is 28.1 Å². The number of para-hydroxylation sites is 1. The number of hydrogen-bond acceptors (Lipinski definition) is 5. The van der Waals surface area contributed by atoms with E-state index >= 15 is 0 Å². The second kappa shape index (κ2) is 11.3. The molecule has 186 valence electrons. The van der Waals surface area contributed by atoms with Gasteiger partial charge in [-0.05, 0) is 54.8 Å². The second-order valence-electron chi connectivity index (χ2n) is 8.19. The molecule has 8 heteroatoms. The number of hydrogen-bond donors (Lipinski definition) is 1. The van der Waals surface area contributed by atoms with Crippen molar-refractivity contribution in [1.82, 2.24) is 9.78 Å². The highest BCUT2D eigenvalue weighted by atomic mass is 79.9. The van der Waals surface area contributed by atoms with Gasteiger partial charge >= 0.3 is 5.97 Å². The van der Waals surface area contributed by atoms with Crippen molar-refractivity contribution in [3.05, 3.63) is 82.3 Å². The van der Waals surface area contributed by atoms with Crippen LogP contribution in [0.3, 0.4) is 0 Å². The summed E-state index contributed by atoms with van der Waals surface area (Å²) in [6.07, 6.45) is 0.779. The zero-order valence-electron chi connectivity index (χ0n) is 20.3. The lowest BCUT2D eigenvalue weighted by Crippen LogP contribution is -2.10. The number of aliphatic carboxylic acids is 1. The minimum absolute atomic E-state index is 0.445. The fourth-order valence-corrected chi connectivity index (χ4v) is 4.36. The molecular weight excluding hydrogens is 524 g/mol. The fraction of sp³-hybridized carbons (Fsp3) is 0.214. The number of ether oxygens (including phenoxy) is 3. The van der Waals surface area contributed by atoms with E-state index < -0.39 is 12.6 Å². The molecule has 0 aliphatic carbocycles. The van der Waals surface area contributed by atoms with Gasteiger partial charge in [0.1, 0.15) is 5.75 Å². The Balaban J connectivity index is 1.84. The molecule has 3 aromatic carbocycles. The zero-order chi connectivity index (χ0) is 25.7. The van der Waals surface area contributed by atoms with Gasteiger partial charge in [-0.25, -0.2) is 4.79 Å². The Morgan fingerprint density at radius 2 is 1.75 bits per heavy atom. The number of aromatic nitrogens is 2. The third-order valence-corrected chi connectivity index (χ3v) is 6.66. The predicted octanol–water partition coefficient (Wildman–Crippen LogP) is 6.01. The van der Waals surface area contributed by atoms with Gasteiger partial charge in [0.2, 0.25) is 0 Å². The molecule has 0 unspecified atom stereocenters. The van der Waals surface area contributed by atoms with E-state index in [9.17, 15) is 4.79 Å². The van der Waals surface area contributed by atoms with Crippen LogP contribution in [0.25, 0.3) is 22.5 Å². The number of halogens is 1. The number of carboxylic acids is 1. The highest BCUT2D eigenvalue weighted by molar-refractivity contribution is 9.10. The summed E-state index contributed by atoms with van der Waals surface area (Å²) in [6, 6.07) is 21.6. The minimum Gasteiger partial charge on any atom is -0.493 e. The maximum Gasteiger partial charge on any atom is 0.341 e. The summed E-state index contributed by atoms with van der Waals surface area (Å²) in [4.78, 5) is 11.2. The summed E-state index contributed by atoms with van der Waals surface area (Å²) in [5.41, 5.74) is 5.15. The first-order valence-electron chi connectivity index (χ1n) is 11.4. The maximum atomic E-state index is 11.2. The van der Waals surface area contributed by atoms with Crippen LogP contribution < -0.4 is 14.2 Å². The molecule has 0 saturated carbocycles. The maximum absolute atomic E-state index is 11.2. The third-order valence-electron chi connectivity index (χ3n) is 5.80. The van der Waals surface area contributed by atoms with Crippen molar-refractivity contribution in [3.63, 3.8) is 0 Å². The van der Waals surface area contributed by atoms with E-state index in [0.717, 1.165) is 27.7 Å². The average Bonchev–Trinajstić information content (AvgIpc) is 3.31. The van der Waals surface area contributed by atoms with Crippen molar-refractivity contribution in [1.29, 1.82) is 0 Å². The summed E-state index contributed by atoms with van der Waals surface area (Å²) in [5, 5.41) is 14.1. The summed E-state index contributed by atoms with van der Waals surface area (Å²) < 4.78 is 19.7. The molecular formula is C28H27BrN2O5. The summed E-state index contributed by atoms with van der Waals surface area (Å²) in [7, 11) is 3.22. The van der Waals surface area contributed by atoms with Crippen molar-refractivity contribution < 1.29 is 24.1 Å². The van der Waals surface area contributed by atoms with Gasteiger partial charge in [0.25, 0.3) is 0 Å². The Labute approximate surface area is 218 Å². The normalized spacial score (nSPS) is 10.8. The van der Waals surface area contributed by atoms with E-state index in [-0.39, 0.29) is 0 Å². The van der Waals surface area contributed by atoms with Crippen LogP contribution in [-0.4, -0.2) is 41.7 Å². The van der Waals surface area contributed by atoms with Crippen molar-refractivity contribution in [3.8, 4) is 39.8 Å². The van der Waals surface area contributed by atoms with Crippen LogP contribution in [0.1, 0.15) is 11.1 Å². The molecule has 36 heavy (non-hydrogen) atoms. The Hall–Kier alpha value is -3.78. The van der Waals surface area contributed by atoms with E-state index in [1.807, 2.05) is 66.2 Å². The Bertz CT molecular complexity index is 1370. The monoisotopic (exact) mass is 550 g/mol. The van der Waals surface area contributed by atoms with Crippen LogP contribution in [0, 0.1) is 6.92 Å². The highest BCUT2D eigenvalue weighted by Crippen LogP contribution is 2.41. The molecule has 1 aromatic heterocycles. The molecule has 0 bridgehead atoms. The molecule has 0 spiro atoms. The topological polar surface area (TPSA) is 82.8 Å². The first-order chi connectivity index (χ1) is 17.4. The number of rotatable bonds is 10. The van der Waals surface area contributed by atoms with E-state index in [4.69, 9.17) is 24.4 Å². The molecule has 1 heterocycles. The molecule has 7 nitrogen and oxygen atoms in total. The lowest BCUT2D eigenvalue weighted by Gasteiger charge is -2.14. The number of carboxylic acid groups (broad SMARTS) is 1. The number of methoxy groups -OCH3 is 2. The molecule has 0 radical (unpaired) electrons. The van der Waals surface area contributed by atoms with Gasteiger partial charge < -0.3 is 19.3 Å². The lowest BCUT2D eigenvalue weighted by molar-refractivity contribution is -0.139. The summed E-state index contributed by atoms with van der Waals surface area (Å²) >= 11 is 3.59. The van der Waals surface area contributed by atoms with Crippen LogP contribution in [-0.2, 0) is 17.8 Å². The van der Waals surface area contributed by atoms with E-state index in [1.165, 1.54) is 5.56 Å². The molecule has 0 saturated heterocycles. The van der Waals surface area contributed by atoms with Gasteiger partial charge in [-0.1, -0.05) is 52.3 Å². The molecule has 0 fully saturated rings. The van der Waals surface area contributed by atoms with Crippen molar-refractivity contribution >= 4 is 21.9 Å². The standard InChI is InChI=1S/C28H27BrN2O5/c1-18-14-26(36-17-27(32)33)21(15-22(18)29)23-16-24(20-10-7-11-25(34-2)28(20)35-3)31(30-23)13-12-19-8-5-4-6-9-19/h4-11,14-16H,12-13,17H2,1-3H3,(H,32,33). The molecule has 4 aromatic rings. The fourth-order valence-electron chi connectivity index (χ4n) is 4.02. The van der Waals surface area contributed by atoms with Gasteiger partial charge in [0.15, 0.2) is 18.1 Å². The minimum atomic E-state index is -1.04. The highest BCUT2D eigenvalue weighted by Gasteiger charge is 2.20. The zero-order valence-corrected chi connectivity index (χ0v) is 21.9. The molecule has 0 atom stereocenters. The molecule has 0 aliphatic rings. The summed E-state index contributed by atoms with van der Waals surface area (Å²) in [6.45, 7) is 2.10. The van der Waals surface area contributed by atoms with Crippen LogP contribution in [0.4, 0.5) is 0 Å². The molecule has 0 aliphatic heterocycles. The van der Waals surface area contributed by atoms with Crippen molar-refractivity contribution in [2.75, 3.05) is 20.8 Å². The van der Waals surface area contributed by atoms with Crippen molar-refractivity contribution in [2.45, 2.75) is 19.9 Å². The third kappa shape index (κ3) is 5.54. The molecule has 0 amide bonds. The van der Waals surface area contributed by atoms with Gasteiger partial charge in [-0.3, -0.25) is 4.68 Å². The predicted molar refractivity (Wildman–Crippen MR) is 142 cm³/mol. The SMILES string of the molecule is COc1cccc(-c2cc(-c3cc(Br)c(C)cc3OCC(=O)O)nn2CCc2ccccc2)c1OC. The quantitative estimate of drug-likeness (QED) is 0.260. The Kier molecular flexibility index (Phi) is 7.95. The molecule has 1 N–H and O–H groups in total. The van der Waals surface area contributed by atoms with E-state index in [1.54, 1.807) is 14.2 Å². The van der Waals surface area contributed by atoms with Gasteiger partial charge in [0.05, 0.1) is 25.6 Å². The smallest absolute Gasteiger partial charge is 0.341 e. The lowest BCUT2D eigenvalue weighted by atomic mass is 10.1. The second-order valence-corrected chi connectivity index (χ2v) is 9.05. The molecule has 4 rings (SSSR count). The Morgan fingerprint density at radius 3 is 2.44 bits per heavy atom. The largest absolute Gasteiger partial charge is 0.493 e. The first-order valence-corrected chi connectivity index (χ1v) is 12.2. The number of carbonyl (C=O) groups is 1. The summed E-state index contributed by atoms with van der Waals surface area (Å²) in [5.74, 6) is 0.641. The Morgan fingerprint density at radius 1 is 0.972 bits per heavy atom.